The average molecular weight is 281 g/mol. The maximum absolute atomic E-state index is 11.3. The van der Waals surface area contributed by atoms with Crippen molar-refractivity contribution in [2.24, 2.45) is 0 Å². The maximum Gasteiger partial charge on any atom is 0.337 e. The molecule has 94 valence electrons. The summed E-state index contributed by atoms with van der Waals surface area (Å²) in [6, 6.07) is 7.53. The number of carboxylic acid groups (broad SMARTS) is 1. The molecule has 0 unspecified atom stereocenters. The lowest BCUT2D eigenvalue weighted by atomic mass is 10.0. The Kier molecular flexibility index (Phi) is 3.73. The molecule has 2 nitrogen and oxygen atoms in total. The van der Waals surface area contributed by atoms with Crippen LogP contribution >= 0.6 is 22.9 Å². The normalized spacial score (nSPS) is 10.6. The Morgan fingerprint density at radius 3 is 2.67 bits per heavy atom. The highest BCUT2D eigenvalue weighted by Gasteiger charge is 2.18. The first-order valence-corrected chi connectivity index (χ1v) is 6.75. The summed E-state index contributed by atoms with van der Waals surface area (Å²) in [5.74, 6) is -0.853. The number of hydrogen-bond donors (Lipinski definition) is 1. The zero-order valence-electron chi connectivity index (χ0n) is 10.2. The van der Waals surface area contributed by atoms with E-state index in [0.717, 1.165) is 20.9 Å². The topological polar surface area (TPSA) is 37.3 Å². The van der Waals surface area contributed by atoms with E-state index in [1.807, 2.05) is 38.1 Å². The van der Waals surface area contributed by atoms with Crippen LogP contribution in [0.3, 0.4) is 0 Å². The van der Waals surface area contributed by atoms with Gasteiger partial charge in [0, 0.05) is 14.8 Å². The molecular weight excluding hydrogens is 268 g/mol. The number of benzene rings is 1. The van der Waals surface area contributed by atoms with E-state index in [1.54, 1.807) is 0 Å². The second-order valence-electron chi connectivity index (χ2n) is 4.18. The molecule has 0 atom stereocenters. The van der Waals surface area contributed by atoms with Gasteiger partial charge in [-0.2, -0.15) is 0 Å². The third-order valence-electron chi connectivity index (χ3n) is 2.87. The predicted octanol–water partition coefficient (Wildman–Crippen LogP) is 4.31. The highest BCUT2D eigenvalue weighted by Crippen LogP contribution is 2.29. The zero-order valence-corrected chi connectivity index (χ0v) is 11.7. The van der Waals surface area contributed by atoms with Crippen LogP contribution in [0, 0.1) is 13.8 Å². The Bertz CT molecular complexity index is 602. The van der Waals surface area contributed by atoms with Gasteiger partial charge in [0.15, 0.2) is 0 Å². The van der Waals surface area contributed by atoms with Gasteiger partial charge in [-0.1, -0.05) is 23.7 Å². The van der Waals surface area contributed by atoms with Gasteiger partial charge in [0.25, 0.3) is 0 Å². The lowest BCUT2D eigenvalue weighted by Crippen LogP contribution is -2.02. The van der Waals surface area contributed by atoms with E-state index in [-0.39, 0.29) is 0 Å². The molecule has 2 aromatic rings. The van der Waals surface area contributed by atoms with Crippen LogP contribution in [0.4, 0.5) is 0 Å². The van der Waals surface area contributed by atoms with Crippen molar-refractivity contribution in [3.8, 4) is 0 Å². The van der Waals surface area contributed by atoms with Crippen molar-refractivity contribution in [3.05, 3.63) is 55.7 Å². The molecule has 2 rings (SSSR count). The monoisotopic (exact) mass is 280 g/mol. The highest BCUT2D eigenvalue weighted by molar-refractivity contribution is 7.12. The summed E-state index contributed by atoms with van der Waals surface area (Å²) in [6.45, 7) is 3.81. The molecule has 18 heavy (non-hydrogen) atoms. The Hall–Kier alpha value is -1.32. The third-order valence-corrected chi connectivity index (χ3v) is 4.17. The minimum Gasteiger partial charge on any atom is -0.478 e. The number of carbonyl (C=O) groups is 1. The molecule has 1 aromatic heterocycles. The summed E-state index contributed by atoms with van der Waals surface area (Å²) in [7, 11) is 0. The molecule has 0 aliphatic heterocycles. The largest absolute Gasteiger partial charge is 0.478 e. The smallest absolute Gasteiger partial charge is 0.337 e. The predicted molar refractivity (Wildman–Crippen MR) is 75.0 cm³/mol. The number of carboxylic acids is 1. The molecule has 0 saturated heterocycles. The van der Waals surface area contributed by atoms with E-state index in [0.29, 0.717) is 17.0 Å². The number of rotatable bonds is 3. The van der Waals surface area contributed by atoms with Crippen LogP contribution in [0.5, 0.6) is 0 Å². The Balaban J connectivity index is 2.43. The molecule has 0 radical (unpaired) electrons. The number of aromatic carboxylic acids is 1. The van der Waals surface area contributed by atoms with E-state index in [9.17, 15) is 9.90 Å². The standard InChI is InChI=1S/C14H13ClO2S/c1-8-12(13(14(16)17)9(2)18-8)7-10-4-3-5-11(15)6-10/h3-6H,7H2,1-2H3,(H,16,17). The molecule has 0 amide bonds. The maximum atomic E-state index is 11.3. The van der Waals surface area contributed by atoms with E-state index in [2.05, 4.69) is 0 Å². The molecule has 0 fully saturated rings. The highest BCUT2D eigenvalue weighted by atomic mass is 35.5. The van der Waals surface area contributed by atoms with Crippen molar-refractivity contribution < 1.29 is 9.90 Å². The fourth-order valence-electron chi connectivity index (χ4n) is 2.07. The molecule has 0 spiro atoms. The van der Waals surface area contributed by atoms with E-state index < -0.39 is 5.97 Å². The fourth-order valence-corrected chi connectivity index (χ4v) is 3.36. The minimum absolute atomic E-state index is 0.442. The average Bonchev–Trinajstić information content (AvgIpc) is 2.53. The summed E-state index contributed by atoms with van der Waals surface area (Å²) in [5.41, 5.74) is 2.37. The van der Waals surface area contributed by atoms with Crippen molar-refractivity contribution in [3.63, 3.8) is 0 Å². The van der Waals surface area contributed by atoms with Crippen LogP contribution < -0.4 is 0 Å². The van der Waals surface area contributed by atoms with Crippen LogP contribution in [0.15, 0.2) is 24.3 Å². The summed E-state index contributed by atoms with van der Waals surface area (Å²) < 4.78 is 0. The Morgan fingerprint density at radius 1 is 1.33 bits per heavy atom. The third kappa shape index (κ3) is 2.57. The van der Waals surface area contributed by atoms with Gasteiger partial charge in [-0.3, -0.25) is 0 Å². The molecular formula is C14H13ClO2S. The SMILES string of the molecule is Cc1sc(C)c(C(=O)O)c1Cc1cccc(Cl)c1. The molecule has 1 aromatic carbocycles. The first-order chi connectivity index (χ1) is 8.49. The summed E-state index contributed by atoms with van der Waals surface area (Å²) >= 11 is 7.48. The number of aryl methyl sites for hydroxylation is 2. The van der Waals surface area contributed by atoms with E-state index >= 15 is 0 Å². The Morgan fingerprint density at radius 2 is 2.06 bits per heavy atom. The lowest BCUT2D eigenvalue weighted by Gasteiger charge is -2.04. The van der Waals surface area contributed by atoms with Gasteiger partial charge in [0.05, 0.1) is 5.56 Å². The molecule has 4 heteroatoms. The van der Waals surface area contributed by atoms with Gasteiger partial charge in [-0.05, 0) is 43.5 Å². The van der Waals surface area contributed by atoms with E-state index in [1.165, 1.54) is 11.3 Å². The molecule has 0 bridgehead atoms. The van der Waals surface area contributed by atoms with Crippen molar-refractivity contribution >= 4 is 28.9 Å². The van der Waals surface area contributed by atoms with Crippen molar-refractivity contribution in [2.45, 2.75) is 20.3 Å². The fraction of sp³-hybridized carbons (Fsp3) is 0.214. The molecule has 0 saturated carbocycles. The number of thiophene rings is 1. The van der Waals surface area contributed by atoms with Gasteiger partial charge >= 0.3 is 5.97 Å². The zero-order chi connectivity index (χ0) is 13.3. The van der Waals surface area contributed by atoms with Gasteiger partial charge in [-0.15, -0.1) is 11.3 Å². The number of hydrogen-bond acceptors (Lipinski definition) is 2. The van der Waals surface area contributed by atoms with Crippen molar-refractivity contribution in [1.82, 2.24) is 0 Å². The summed E-state index contributed by atoms with van der Waals surface area (Å²) in [4.78, 5) is 13.2. The Labute approximate surface area is 115 Å². The minimum atomic E-state index is -0.853. The second kappa shape index (κ2) is 5.12. The quantitative estimate of drug-likeness (QED) is 0.910. The molecule has 1 N–H and O–H groups in total. The van der Waals surface area contributed by atoms with Gasteiger partial charge in [0.2, 0.25) is 0 Å². The molecule has 1 heterocycles. The summed E-state index contributed by atoms with van der Waals surface area (Å²) in [6.07, 6.45) is 0.609. The van der Waals surface area contributed by atoms with Crippen molar-refractivity contribution in [1.29, 1.82) is 0 Å². The summed E-state index contributed by atoms with van der Waals surface area (Å²) in [5, 5.41) is 9.95. The van der Waals surface area contributed by atoms with Gasteiger partial charge in [0.1, 0.15) is 0 Å². The van der Waals surface area contributed by atoms with Crippen molar-refractivity contribution in [2.75, 3.05) is 0 Å². The molecule has 0 aliphatic rings. The van der Waals surface area contributed by atoms with Gasteiger partial charge < -0.3 is 5.11 Å². The van der Waals surface area contributed by atoms with E-state index in [4.69, 9.17) is 11.6 Å². The molecule has 0 aliphatic carbocycles. The van der Waals surface area contributed by atoms with Crippen LogP contribution in [-0.2, 0) is 6.42 Å². The first-order valence-electron chi connectivity index (χ1n) is 5.55. The first kappa shape index (κ1) is 13.1. The second-order valence-corrected chi connectivity index (χ2v) is 6.05. The van der Waals surface area contributed by atoms with Crippen LogP contribution in [0.1, 0.15) is 31.2 Å². The van der Waals surface area contributed by atoms with Crippen LogP contribution in [-0.4, -0.2) is 11.1 Å². The number of halogens is 1. The van der Waals surface area contributed by atoms with Crippen LogP contribution in [0.2, 0.25) is 5.02 Å². The van der Waals surface area contributed by atoms with Gasteiger partial charge in [-0.25, -0.2) is 4.79 Å². The lowest BCUT2D eigenvalue weighted by molar-refractivity contribution is 0.0695. The van der Waals surface area contributed by atoms with Crippen LogP contribution in [0.25, 0.3) is 0 Å².